The fourth-order valence-electron chi connectivity index (χ4n) is 2.40. The van der Waals surface area contributed by atoms with E-state index >= 15 is 0 Å². The number of rotatable bonds is 5. The predicted molar refractivity (Wildman–Crippen MR) is 68.8 cm³/mol. The molecule has 0 atom stereocenters. The predicted octanol–water partition coefficient (Wildman–Crippen LogP) is 3.58. The van der Waals surface area contributed by atoms with Gasteiger partial charge in [0, 0.05) is 25.4 Å². The SMILES string of the molecule is CN(C(=O)CCCCCl)C1CCCCCC1. The first-order valence-corrected chi connectivity index (χ1v) is 7.10. The van der Waals surface area contributed by atoms with Gasteiger partial charge in [0.2, 0.25) is 5.91 Å². The van der Waals surface area contributed by atoms with Crippen molar-refractivity contribution in [3.8, 4) is 0 Å². The van der Waals surface area contributed by atoms with E-state index in [9.17, 15) is 4.79 Å². The molecule has 1 aliphatic rings. The van der Waals surface area contributed by atoms with Crippen molar-refractivity contribution in [1.82, 2.24) is 4.90 Å². The highest BCUT2D eigenvalue weighted by atomic mass is 35.5. The number of amides is 1. The number of unbranched alkanes of at least 4 members (excludes halogenated alkanes) is 1. The third kappa shape index (κ3) is 4.73. The highest BCUT2D eigenvalue weighted by Crippen LogP contribution is 2.21. The fraction of sp³-hybridized carbons (Fsp3) is 0.923. The molecule has 0 unspecified atom stereocenters. The third-order valence-electron chi connectivity index (χ3n) is 3.54. The number of carbonyl (C=O) groups is 1. The lowest BCUT2D eigenvalue weighted by Gasteiger charge is -2.27. The van der Waals surface area contributed by atoms with Gasteiger partial charge in [-0.3, -0.25) is 4.79 Å². The van der Waals surface area contributed by atoms with Gasteiger partial charge in [0.25, 0.3) is 0 Å². The standard InChI is InChI=1S/C13H24ClNO/c1-15(13(16)10-6-7-11-14)12-8-4-2-3-5-9-12/h12H,2-11H2,1H3. The Balaban J connectivity index is 2.30. The molecule has 1 saturated carbocycles. The molecule has 0 N–H and O–H groups in total. The van der Waals surface area contributed by atoms with Crippen LogP contribution >= 0.6 is 11.6 Å². The van der Waals surface area contributed by atoms with Gasteiger partial charge in [-0.1, -0.05) is 25.7 Å². The zero-order chi connectivity index (χ0) is 11.8. The fourth-order valence-corrected chi connectivity index (χ4v) is 2.58. The smallest absolute Gasteiger partial charge is 0.222 e. The van der Waals surface area contributed by atoms with Crippen molar-refractivity contribution in [3.05, 3.63) is 0 Å². The van der Waals surface area contributed by atoms with Crippen molar-refractivity contribution in [2.45, 2.75) is 63.8 Å². The van der Waals surface area contributed by atoms with Gasteiger partial charge in [-0.15, -0.1) is 11.6 Å². The van der Waals surface area contributed by atoms with Gasteiger partial charge >= 0.3 is 0 Å². The molecular weight excluding hydrogens is 222 g/mol. The summed E-state index contributed by atoms with van der Waals surface area (Å²) in [4.78, 5) is 13.9. The van der Waals surface area contributed by atoms with Crippen LogP contribution in [0, 0.1) is 0 Å². The quantitative estimate of drug-likeness (QED) is 0.412. The third-order valence-corrected chi connectivity index (χ3v) is 3.81. The number of halogens is 1. The van der Waals surface area contributed by atoms with Gasteiger partial charge in [0.05, 0.1) is 0 Å². The Morgan fingerprint density at radius 3 is 2.38 bits per heavy atom. The van der Waals surface area contributed by atoms with E-state index in [2.05, 4.69) is 0 Å². The van der Waals surface area contributed by atoms with E-state index in [1.165, 1.54) is 38.5 Å². The van der Waals surface area contributed by atoms with Crippen LogP contribution in [0.5, 0.6) is 0 Å². The van der Waals surface area contributed by atoms with Crippen molar-refractivity contribution in [2.75, 3.05) is 12.9 Å². The number of alkyl halides is 1. The zero-order valence-electron chi connectivity index (χ0n) is 10.4. The molecule has 94 valence electrons. The van der Waals surface area contributed by atoms with Crippen LogP contribution in [0.4, 0.5) is 0 Å². The molecule has 0 aromatic carbocycles. The van der Waals surface area contributed by atoms with E-state index in [-0.39, 0.29) is 0 Å². The topological polar surface area (TPSA) is 20.3 Å². The van der Waals surface area contributed by atoms with E-state index in [1.807, 2.05) is 11.9 Å². The molecule has 1 fully saturated rings. The summed E-state index contributed by atoms with van der Waals surface area (Å²) >= 11 is 5.61. The first-order valence-electron chi connectivity index (χ1n) is 6.57. The maximum absolute atomic E-state index is 11.9. The molecule has 1 rings (SSSR count). The summed E-state index contributed by atoms with van der Waals surface area (Å²) in [6.45, 7) is 0. The van der Waals surface area contributed by atoms with E-state index in [0.29, 0.717) is 24.2 Å². The highest BCUT2D eigenvalue weighted by molar-refractivity contribution is 6.17. The Morgan fingerprint density at radius 2 is 1.81 bits per heavy atom. The molecule has 16 heavy (non-hydrogen) atoms. The van der Waals surface area contributed by atoms with Crippen LogP contribution in [0.15, 0.2) is 0 Å². The van der Waals surface area contributed by atoms with Crippen LogP contribution < -0.4 is 0 Å². The van der Waals surface area contributed by atoms with E-state index in [4.69, 9.17) is 11.6 Å². The lowest BCUT2D eigenvalue weighted by molar-refractivity contribution is -0.132. The number of nitrogens with zero attached hydrogens (tertiary/aromatic N) is 1. The van der Waals surface area contributed by atoms with Crippen LogP contribution in [-0.2, 0) is 4.79 Å². The van der Waals surface area contributed by atoms with Crippen molar-refractivity contribution in [3.63, 3.8) is 0 Å². The summed E-state index contributed by atoms with van der Waals surface area (Å²) in [6.07, 6.45) is 10.2. The van der Waals surface area contributed by atoms with E-state index in [0.717, 1.165) is 12.8 Å². The summed E-state index contributed by atoms with van der Waals surface area (Å²) in [6, 6.07) is 0.492. The first kappa shape index (κ1) is 13.8. The molecule has 2 nitrogen and oxygen atoms in total. The monoisotopic (exact) mass is 245 g/mol. The second-order valence-corrected chi connectivity index (χ2v) is 5.17. The van der Waals surface area contributed by atoms with Crippen LogP contribution in [0.3, 0.4) is 0 Å². The number of hydrogen-bond donors (Lipinski definition) is 0. The summed E-state index contributed by atoms with van der Waals surface area (Å²) in [5.41, 5.74) is 0. The van der Waals surface area contributed by atoms with Gasteiger partial charge in [0.1, 0.15) is 0 Å². The minimum Gasteiger partial charge on any atom is -0.343 e. The second kappa shape index (κ2) is 7.94. The first-order chi connectivity index (χ1) is 7.75. The Bertz CT molecular complexity index is 200. The van der Waals surface area contributed by atoms with Crippen molar-refractivity contribution in [1.29, 1.82) is 0 Å². The maximum Gasteiger partial charge on any atom is 0.222 e. The Hall–Kier alpha value is -0.240. The van der Waals surface area contributed by atoms with Gasteiger partial charge in [0.15, 0.2) is 0 Å². The van der Waals surface area contributed by atoms with E-state index in [1.54, 1.807) is 0 Å². The molecule has 0 aromatic heterocycles. The summed E-state index contributed by atoms with van der Waals surface area (Å²) < 4.78 is 0. The van der Waals surface area contributed by atoms with Gasteiger partial charge < -0.3 is 4.90 Å². The Labute approximate surface area is 104 Å². The van der Waals surface area contributed by atoms with Gasteiger partial charge in [-0.05, 0) is 25.7 Å². The number of carbonyl (C=O) groups excluding carboxylic acids is 1. The molecule has 0 bridgehead atoms. The zero-order valence-corrected chi connectivity index (χ0v) is 11.1. The molecular formula is C13H24ClNO. The molecule has 0 aromatic rings. The molecule has 0 radical (unpaired) electrons. The summed E-state index contributed by atoms with van der Waals surface area (Å²) in [7, 11) is 1.97. The maximum atomic E-state index is 11.9. The summed E-state index contributed by atoms with van der Waals surface area (Å²) in [5, 5.41) is 0. The number of hydrogen-bond acceptors (Lipinski definition) is 1. The van der Waals surface area contributed by atoms with Gasteiger partial charge in [-0.2, -0.15) is 0 Å². The highest BCUT2D eigenvalue weighted by Gasteiger charge is 2.20. The van der Waals surface area contributed by atoms with Crippen LogP contribution in [0.25, 0.3) is 0 Å². The molecule has 0 heterocycles. The minimum atomic E-state index is 0.303. The lowest BCUT2D eigenvalue weighted by atomic mass is 10.1. The second-order valence-electron chi connectivity index (χ2n) is 4.80. The average molecular weight is 246 g/mol. The minimum absolute atomic E-state index is 0.303. The molecule has 0 saturated heterocycles. The summed E-state index contributed by atoms with van der Waals surface area (Å²) in [5.74, 6) is 0.970. The Morgan fingerprint density at radius 1 is 1.19 bits per heavy atom. The van der Waals surface area contributed by atoms with Crippen molar-refractivity contribution < 1.29 is 4.79 Å². The average Bonchev–Trinajstić information content (AvgIpc) is 2.56. The Kier molecular flexibility index (Phi) is 6.86. The van der Waals surface area contributed by atoms with Crippen LogP contribution in [0.2, 0.25) is 0 Å². The van der Waals surface area contributed by atoms with Gasteiger partial charge in [-0.25, -0.2) is 0 Å². The molecule has 0 spiro atoms. The molecule has 1 aliphatic carbocycles. The van der Waals surface area contributed by atoms with Crippen LogP contribution in [0.1, 0.15) is 57.8 Å². The molecule has 0 aliphatic heterocycles. The van der Waals surface area contributed by atoms with Crippen molar-refractivity contribution in [2.24, 2.45) is 0 Å². The van der Waals surface area contributed by atoms with Crippen molar-refractivity contribution >= 4 is 17.5 Å². The van der Waals surface area contributed by atoms with Crippen LogP contribution in [-0.4, -0.2) is 29.8 Å². The lowest BCUT2D eigenvalue weighted by Crippen LogP contribution is -2.36. The molecule has 1 amide bonds. The largest absolute Gasteiger partial charge is 0.343 e. The van der Waals surface area contributed by atoms with E-state index < -0.39 is 0 Å². The molecule has 3 heteroatoms. The normalized spacial score (nSPS) is 18.1.